The first-order valence-electron chi connectivity index (χ1n) is 9.11. The molecule has 1 aliphatic rings. The van der Waals surface area contributed by atoms with Gasteiger partial charge in [-0.2, -0.15) is 0 Å². The number of rotatable bonds is 4. The van der Waals surface area contributed by atoms with E-state index in [0.717, 1.165) is 27.8 Å². The average molecular weight is 373 g/mol. The minimum absolute atomic E-state index is 0.152. The Morgan fingerprint density at radius 2 is 1.96 bits per heavy atom. The van der Waals surface area contributed by atoms with E-state index in [0.29, 0.717) is 17.8 Å². The minimum Gasteiger partial charge on any atom is -0.328 e. The van der Waals surface area contributed by atoms with Crippen molar-refractivity contribution in [1.82, 2.24) is 9.88 Å². The second-order valence-electron chi connectivity index (χ2n) is 6.94. The summed E-state index contributed by atoms with van der Waals surface area (Å²) < 4.78 is 14.8. The predicted octanol–water partition coefficient (Wildman–Crippen LogP) is 4.40. The van der Waals surface area contributed by atoms with Gasteiger partial charge >= 0.3 is 0 Å². The Balaban J connectivity index is 1.58. The van der Waals surface area contributed by atoms with Crippen LogP contribution in [0.4, 0.5) is 4.39 Å². The SMILES string of the molecule is CN=Cc1cc(-c2ccc(CN3Cc4cccnc4C3=O)c(F)c2)ccc1C. The molecule has 5 heteroatoms. The number of halogens is 1. The molecule has 0 saturated carbocycles. The maximum Gasteiger partial charge on any atom is 0.273 e. The Labute approximate surface area is 163 Å². The van der Waals surface area contributed by atoms with Crippen molar-refractivity contribution >= 4 is 12.1 Å². The molecule has 0 spiro atoms. The van der Waals surface area contributed by atoms with Gasteiger partial charge in [0.1, 0.15) is 11.5 Å². The predicted molar refractivity (Wildman–Crippen MR) is 108 cm³/mol. The highest BCUT2D eigenvalue weighted by molar-refractivity contribution is 5.96. The van der Waals surface area contributed by atoms with Crippen LogP contribution in [0.25, 0.3) is 11.1 Å². The largest absolute Gasteiger partial charge is 0.328 e. The smallest absolute Gasteiger partial charge is 0.273 e. The summed E-state index contributed by atoms with van der Waals surface area (Å²) in [6.45, 7) is 2.70. The van der Waals surface area contributed by atoms with E-state index in [1.54, 1.807) is 30.4 Å². The molecular weight excluding hydrogens is 353 g/mol. The van der Waals surface area contributed by atoms with E-state index in [-0.39, 0.29) is 18.3 Å². The van der Waals surface area contributed by atoms with Gasteiger partial charge in [-0.1, -0.05) is 30.3 Å². The molecule has 1 amide bonds. The molecule has 2 aromatic carbocycles. The van der Waals surface area contributed by atoms with Crippen molar-refractivity contribution in [3.05, 3.63) is 88.5 Å². The van der Waals surface area contributed by atoms with Crippen LogP contribution >= 0.6 is 0 Å². The molecule has 0 unspecified atom stereocenters. The highest BCUT2D eigenvalue weighted by Crippen LogP contribution is 2.27. The van der Waals surface area contributed by atoms with Gasteiger partial charge < -0.3 is 4.90 Å². The molecule has 140 valence electrons. The Bertz CT molecular complexity index is 1090. The number of carbonyl (C=O) groups is 1. The second-order valence-corrected chi connectivity index (χ2v) is 6.94. The number of aryl methyl sites for hydroxylation is 1. The molecule has 0 saturated heterocycles. The van der Waals surface area contributed by atoms with Crippen LogP contribution in [0.5, 0.6) is 0 Å². The standard InChI is InChI=1S/C23H20FN3O/c1-15-5-6-16(10-20(15)12-25-2)17-7-8-18(21(24)11-17)13-27-14-19-4-3-9-26-22(19)23(27)28/h3-12H,13-14H2,1-2H3. The van der Waals surface area contributed by atoms with E-state index >= 15 is 0 Å². The number of amides is 1. The molecule has 1 aliphatic heterocycles. The number of fused-ring (bicyclic) bond motifs is 1. The van der Waals surface area contributed by atoms with Gasteiger partial charge in [0.05, 0.1) is 0 Å². The van der Waals surface area contributed by atoms with Crippen molar-refractivity contribution < 1.29 is 9.18 Å². The molecular formula is C23H20FN3O. The van der Waals surface area contributed by atoms with E-state index in [1.165, 1.54) is 6.07 Å². The van der Waals surface area contributed by atoms with Crippen LogP contribution < -0.4 is 0 Å². The summed E-state index contributed by atoms with van der Waals surface area (Å²) in [6, 6.07) is 14.8. The number of hydrogen-bond acceptors (Lipinski definition) is 3. The third kappa shape index (κ3) is 3.31. The fourth-order valence-electron chi connectivity index (χ4n) is 3.47. The maximum absolute atomic E-state index is 14.8. The Morgan fingerprint density at radius 1 is 1.18 bits per heavy atom. The highest BCUT2D eigenvalue weighted by atomic mass is 19.1. The highest BCUT2D eigenvalue weighted by Gasteiger charge is 2.28. The Hall–Kier alpha value is -3.34. The van der Waals surface area contributed by atoms with Crippen molar-refractivity contribution in [2.75, 3.05) is 7.05 Å². The number of aromatic nitrogens is 1. The number of pyridine rings is 1. The van der Waals surface area contributed by atoms with Gasteiger partial charge in [-0.05, 0) is 47.4 Å². The van der Waals surface area contributed by atoms with Gasteiger partial charge in [0, 0.05) is 43.7 Å². The monoisotopic (exact) mass is 373 g/mol. The fraction of sp³-hybridized carbons (Fsp3) is 0.174. The van der Waals surface area contributed by atoms with Gasteiger partial charge in [-0.3, -0.25) is 14.8 Å². The number of hydrogen-bond donors (Lipinski definition) is 0. The van der Waals surface area contributed by atoms with Crippen molar-refractivity contribution in [3.63, 3.8) is 0 Å². The molecule has 0 fully saturated rings. The zero-order chi connectivity index (χ0) is 19.7. The summed E-state index contributed by atoms with van der Waals surface area (Å²) >= 11 is 0. The number of benzene rings is 2. The van der Waals surface area contributed by atoms with E-state index < -0.39 is 0 Å². The molecule has 1 aromatic heterocycles. The normalized spacial score (nSPS) is 13.4. The summed E-state index contributed by atoms with van der Waals surface area (Å²) in [5, 5.41) is 0. The summed E-state index contributed by atoms with van der Waals surface area (Å²) in [7, 11) is 1.73. The summed E-state index contributed by atoms with van der Waals surface area (Å²) in [6.07, 6.45) is 3.41. The van der Waals surface area contributed by atoms with Crippen molar-refractivity contribution in [2.24, 2.45) is 4.99 Å². The number of carbonyl (C=O) groups excluding carboxylic acids is 1. The maximum atomic E-state index is 14.8. The lowest BCUT2D eigenvalue weighted by Crippen LogP contribution is -2.24. The van der Waals surface area contributed by atoms with Crippen LogP contribution in [0.2, 0.25) is 0 Å². The molecule has 2 heterocycles. The second kappa shape index (κ2) is 7.35. The van der Waals surface area contributed by atoms with Gasteiger partial charge in [0.15, 0.2) is 0 Å². The van der Waals surface area contributed by atoms with E-state index in [4.69, 9.17) is 0 Å². The van der Waals surface area contributed by atoms with Gasteiger partial charge in [-0.15, -0.1) is 0 Å². The fourth-order valence-corrected chi connectivity index (χ4v) is 3.47. The molecule has 4 rings (SSSR count). The summed E-state index contributed by atoms with van der Waals surface area (Å²) in [5.74, 6) is -0.471. The lowest BCUT2D eigenvalue weighted by Gasteiger charge is -2.16. The lowest BCUT2D eigenvalue weighted by molar-refractivity contribution is 0.0761. The summed E-state index contributed by atoms with van der Waals surface area (Å²) in [5.41, 5.74) is 5.69. The van der Waals surface area contributed by atoms with Crippen molar-refractivity contribution in [1.29, 1.82) is 0 Å². The number of aliphatic imine (C=N–C) groups is 1. The topological polar surface area (TPSA) is 45.6 Å². The van der Waals surface area contributed by atoms with Crippen LogP contribution in [0.15, 0.2) is 59.7 Å². The molecule has 0 N–H and O–H groups in total. The molecule has 0 radical (unpaired) electrons. The molecule has 0 atom stereocenters. The molecule has 28 heavy (non-hydrogen) atoms. The average Bonchev–Trinajstić information content (AvgIpc) is 3.01. The molecule has 0 aliphatic carbocycles. The minimum atomic E-state index is -0.319. The zero-order valence-electron chi connectivity index (χ0n) is 15.8. The van der Waals surface area contributed by atoms with E-state index in [9.17, 15) is 9.18 Å². The Morgan fingerprint density at radius 3 is 2.71 bits per heavy atom. The van der Waals surface area contributed by atoms with Crippen molar-refractivity contribution in [2.45, 2.75) is 20.0 Å². The molecule has 4 nitrogen and oxygen atoms in total. The van der Waals surface area contributed by atoms with Crippen LogP contribution in [-0.2, 0) is 13.1 Å². The first-order chi connectivity index (χ1) is 13.6. The van der Waals surface area contributed by atoms with Gasteiger partial charge in [0.2, 0.25) is 0 Å². The molecule has 0 bridgehead atoms. The van der Waals surface area contributed by atoms with Crippen molar-refractivity contribution in [3.8, 4) is 11.1 Å². The van der Waals surface area contributed by atoms with Crippen LogP contribution in [0.1, 0.15) is 32.7 Å². The first kappa shape index (κ1) is 18.0. The van der Waals surface area contributed by atoms with E-state index in [2.05, 4.69) is 9.98 Å². The first-order valence-corrected chi connectivity index (χ1v) is 9.11. The lowest BCUT2D eigenvalue weighted by atomic mass is 9.99. The van der Waals surface area contributed by atoms with Crippen LogP contribution in [0, 0.1) is 12.7 Å². The zero-order valence-corrected chi connectivity index (χ0v) is 15.8. The van der Waals surface area contributed by atoms with Crippen LogP contribution in [0.3, 0.4) is 0 Å². The van der Waals surface area contributed by atoms with Gasteiger partial charge in [-0.25, -0.2) is 4.39 Å². The van der Waals surface area contributed by atoms with E-state index in [1.807, 2.05) is 43.3 Å². The third-order valence-corrected chi connectivity index (χ3v) is 5.04. The summed E-state index contributed by atoms with van der Waals surface area (Å²) in [4.78, 5) is 22.3. The van der Waals surface area contributed by atoms with Gasteiger partial charge in [0.25, 0.3) is 5.91 Å². The quantitative estimate of drug-likeness (QED) is 0.636. The number of nitrogens with zero attached hydrogens (tertiary/aromatic N) is 3. The Kier molecular flexibility index (Phi) is 4.74. The third-order valence-electron chi connectivity index (χ3n) is 5.04. The van der Waals surface area contributed by atoms with Crippen LogP contribution in [-0.4, -0.2) is 29.1 Å². The molecule has 3 aromatic rings.